The molecule has 7 nitrogen and oxygen atoms in total. The van der Waals surface area contributed by atoms with Crippen LogP contribution in [0.15, 0.2) is 24.3 Å². The van der Waals surface area contributed by atoms with Crippen LogP contribution in [0, 0.1) is 11.8 Å². The molecule has 38 heavy (non-hydrogen) atoms. The van der Waals surface area contributed by atoms with Crippen LogP contribution >= 0.6 is 0 Å². The Labute approximate surface area is 227 Å². The van der Waals surface area contributed by atoms with Crippen LogP contribution in [-0.2, 0) is 11.3 Å². The van der Waals surface area contributed by atoms with Gasteiger partial charge in [0.25, 0.3) is 5.91 Å². The van der Waals surface area contributed by atoms with Gasteiger partial charge in [0.1, 0.15) is 17.0 Å². The Hall–Kier alpha value is -2.54. The van der Waals surface area contributed by atoms with Crippen LogP contribution in [0.3, 0.4) is 0 Å². The van der Waals surface area contributed by atoms with E-state index in [2.05, 4.69) is 24.1 Å². The van der Waals surface area contributed by atoms with Crippen molar-refractivity contribution < 1.29 is 14.3 Å². The molecule has 0 spiro atoms. The lowest BCUT2D eigenvalue weighted by molar-refractivity contribution is -0.133. The number of aromatic nitrogens is 1. The minimum atomic E-state index is -0.951. The van der Waals surface area contributed by atoms with E-state index in [1.807, 2.05) is 40.7 Å². The Morgan fingerprint density at radius 1 is 1.05 bits per heavy atom. The first-order valence-corrected chi connectivity index (χ1v) is 14.8. The van der Waals surface area contributed by atoms with E-state index in [9.17, 15) is 9.59 Å². The molecule has 0 bridgehead atoms. The second-order valence-corrected chi connectivity index (χ2v) is 12.5. The minimum Gasteiger partial charge on any atom is -0.497 e. The predicted molar refractivity (Wildman–Crippen MR) is 152 cm³/mol. The molecule has 1 aromatic carbocycles. The maximum absolute atomic E-state index is 14.1. The monoisotopic (exact) mass is 522 g/mol. The van der Waals surface area contributed by atoms with Gasteiger partial charge in [-0.05, 0) is 69.2 Å². The van der Waals surface area contributed by atoms with Crippen molar-refractivity contribution in [3.8, 4) is 5.75 Å². The standard InChI is InChI=1S/C31H46N4O3/c1-22-16-23(2)20-33(19-22)14-9-15-35-29(36)28-17-24-12-13-26(38-4)18-27(24)34(28)21-31(35,3)30(37)32-25-10-7-5-6-8-11-25/h12-13,17-18,22-23,25H,5-11,14-16,19-21H2,1-4H3,(H,32,37)/t22-,23+,31-/m1/s1. The molecule has 1 N–H and O–H groups in total. The highest BCUT2D eigenvalue weighted by Crippen LogP contribution is 2.34. The molecule has 3 heterocycles. The molecule has 1 aromatic heterocycles. The molecular formula is C31H46N4O3. The fourth-order valence-electron chi connectivity index (χ4n) is 7.20. The van der Waals surface area contributed by atoms with Crippen LogP contribution in [0.2, 0.25) is 0 Å². The number of hydrogen-bond acceptors (Lipinski definition) is 4. The van der Waals surface area contributed by atoms with Crippen molar-refractivity contribution in [3.05, 3.63) is 30.0 Å². The summed E-state index contributed by atoms with van der Waals surface area (Å²) in [6, 6.07) is 8.07. The van der Waals surface area contributed by atoms with Gasteiger partial charge in [0.05, 0.1) is 19.2 Å². The molecule has 1 saturated heterocycles. The highest BCUT2D eigenvalue weighted by Gasteiger charge is 2.48. The molecule has 0 radical (unpaired) electrons. The third-order valence-corrected chi connectivity index (χ3v) is 9.12. The third kappa shape index (κ3) is 5.45. The number of fused-ring (bicyclic) bond motifs is 3. The van der Waals surface area contributed by atoms with E-state index < -0.39 is 5.54 Å². The van der Waals surface area contributed by atoms with E-state index >= 15 is 0 Å². The number of carbonyl (C=O) groups is 2. The third-order valence-electron chi connectivity index (χ3n) is 9.12. The second-order valence-electron chi connectivity index (χ2n) is 12.5. The first-order valence-electron chi connectivity index (χ1n) is 14.8. The van der Waals surface area contributed by atoms with Crippen molar-refractivity contribution in [3.63, 3.8) is 0 Å². The molecule has 1 saturated carbocycles. The lowest BCUT2D eigenvalue weighted by Crippen LogP contribution is -2.65. The summed E-state index contributed by atoms with van der Waals surface area (Å²) < 4.78 is 7.51. The Morgan fingerprint density at radius 3 is 2.45 bits per heavy atom. The number of methoxy groups -OCH3 is 1. The van der Waals surface area contributed by atoms with Crippen LogP contribution < -0.4 is 10.1 Å². The minimum absolute atomic E-state index is 0.0200. The van der Waals surface area contributed by atoms with Crippen LogP contribution in [0.5, 0.6) is 5.75 Å². The molecule has 7 heteroatoms. The van der Waals surface area contributed by atoms with Gasteiger partial charge in [0, 0.05) is 37.1 Å². The van der Waals surface area contributed by atoms with E-state index in [-0.39, 0.29) is 17.9 Å². The van der Waals surface area contributed by atoms with Gasteiger partial charge < -0.3 is 24.4 Å². The van der Waals surface area contributed by atoms with Gasteiger partial charge in [-0.15, -0.1) is 0 Å². The zero-order chi connectivity index (χ0) is 26.9. The maximum atomic E-state index is 14.1. The second kappa shape index (κ2) is 11.3. The molecule has 5 rings (SSSR count). The summed E-state index contributed by atoms with van der Waals surface area (Å²) in [4.78, 5) is 32.5. The molecule has 3 atom stereocenters. The van der Waals surface area contributed by atoms with E-state index in [1.54, 1.807) is 7.11 Å². The van der Waals surface area contributed by atoms with Crippen LogP contribution in [0.4, 0.5) is 0 Å². The summed E-state index contributed by atoms with van der Waals surface area (Å²) in [5, 5.41) is 4.38. The topological polar surface area (TPSA) is 66.8 Å². The molecule has 2 aromatic rings. The van der Waals surface area contributed by atoms with E-state index in [4.69, 9.17) is 4.74 Å². The fourth-order valence-corrected chi connectivity index (χ4v) is 7.20. The van der Waals surface area contributed by atoms with Crippen molar-refractivity contribution in [2.24, 2.45) is 11.8 Å². The van der Waals surface area contributed by atoms with Gasteiger partial charge in [-0.3, -0.25) is 9.59 Å². The van der Waals surface area contributed by atoms with Crippen molar-refractivity contribution in [1.29, 1.82) is 0 Å². The van der Waals surface area contributed by atoms with E-state index in [0.717, 1.165) is 68.4 Å². The van der Waals surface area contributed by atoms with Gasteiger partial charge in [-0.2, -0.15) is 0 Å². The Kier molecular flexibility index (Phi) is 8.03. The average molecular weight is 523 g/mol. The number of ether oxygens (including phenoxy) is 1. The number of nitrogens with one attached hydrogen (secondary N) is 1. The van der Waals surface area contributed by atoms with Crippen LogP contribution in [0.1, 0.15) is 82.6 Å². The highest BCUT2D eigenvalue weighted by molar-refractivity contribution is 6.03. The molecular weight excluding hydrogens is 476 g/mol. The van der Waals surface area contributed by atoms with Crippen molar-refractivity contribution in [2.45, 2.75) is 90.3 Å². The summed E-state index contributed by atoms with van der Waals surface area (Å²) in [6.07, 6.45) is 8.99. The molecule has 3 aliphatic rings. The zero-order valence-electron chi connectivity index (χ0n) is 23.8. The lowest BCUT2D eigenvalue weighted by atomic mass is 9.91. The van der Waals surface area contributed by atoms with E-state index in [0.29, 0.717) is 30.6 Å². The first kappa shape index (κ1) is 27.0. The highest BCUT2D eigenvalue weighted by atomic mass is 16.5. The number of rotatable bonds is 7. The van der Waals surface area contributed by atoms with Crippen molar-refractivity contribution in [2.75, 3.05) is 33.3 Å². The van der Waals surface area contributed by atoms with Gasteiger partial charge >= 0.3 is 0 Å². The normalized spacial score (nSPS) is 27.3. The molecule has 0 unspecified atom stereocenters. The predicted octanol–water partition coefficient (Wildman–Crippen LogP) is 5.07. The number of amides is 2. The number of nitrogens with zero attached hydrogens (tertiary/aromatic N) is 3. The number of likely N-dealkylation sites (tertiary alicyclic amines) is 1. The Bertz CT molecular complexity index is 1140. The SMILES string of the molecule is COc1ccc2cc3n(c2c1)C[C@](C)(C(=O)NC1CCCCCC1)N(CCCN1C[C@H](C)C[C@H](C)C1)C3=O. The van der Waals surface area contributed by atoms with Gasteiger partial charge in [-0.25, -0.2) is 0 Å². The van der Waals surface area contributed by atoms with Crippen molar-refractivity contribution >= 4 is 22.7 Å². The molecule has 208 valence electrons. The average Bonchev–Trinajstić information content (AvgIpc) is 3.04. The summed E-state index contributed by atoms with van der Waals surface area (Å²) in [6.45, 7) is 10.9. The summed E-state index contributed by atoms with van der Waals surface area (Å²) in [5.74, 6) is 2.10. The van der Waals surface area contributed by atoms with Gasteiger partial charge in [0.2, 0.25) is 5.91 Å². The Balaban J connectivity index is 1.41. The lowest BCUT2D eigenvalue weighted by Gasteiger charge is -2.45. The van der Waals surface area contributed by atoms with E-state index in [1.165, 1.54) is 19.3 Å². The van der Waals surface area contributed by atoms with Crippen LogP contribution in [0.25, 0.3) is 10.9 Å². The number of benzene rings is 1. The molecule has 2 aliphatic heterocycles. The van der Waals surface area contributed by atoms with Gasteiger partial charge in [-0.1, -0.05) is 39.5 Å². The smallest absolute Gasteiger partial charge is 0.271 e. The van der Waals surface area contributed by atoms with Crippen LogP contribution in [-0.4, -0.2) is 71.1 Å². The number of hydrogen-bond donors (Lipinski definition) is 1. The van der Waals surface area contributed by atoms with Gasteiger partial charge in [0.15, 0.2) is 0 Å². The summed E-state index contributed by atoms with van der Waals surface area (Å²) in [7, 11) is 1.66. The first-order chi connectivity index (χ1) is 18.3. The quantitative estimate of drug-likeness (QED) is 0.516. The largest absolute Gasteiger partial charge is 0.497 e. The Morgan fingerprint density at radius 2 is 1.76 bits per heavy atom. The van der Waals surface area contributed by atoms with Crippen molar-refractivity contribution in [1.82, 2.24) is 19.7 Å². The molecule has 2 fully saturated rings. The zero-order valence-corrected chi connectivity index (χ0v) is 23.8. The number of carbonyl (C=O) groups excluding carboxylic acids is 2. The maximum Gasteiger partial charge on any atom is 0.271 e. The molecule has 2 amide bonds. The number of piperidine rings is 1. The fraction of sp³-hybridized carbons (Fsp3) is 0.677. The molecule has 1 aliphatic carbocycles. The summed E-state index contributed by atoms with van der Waals surface area (Å²) in [5.41, 5.74) is 0.652. The summed E-state index contributed by atoms with van der Waals surface area (Å²) >= 11 is 0.